The minimum absolute atomic E-state index is 0.0944. The van der Waals surface area contributed by atoms with E-state index in [2.05, 4.69) is 16.0 Å². The summed E-state index contributed by atoms with van der Waals surface area (Å²) < 4.78 is -1.87. The maximum absolute atomic E-state index is 12.6. The second kappa shape index (κ2) is 11.6. The monoisotopic (exact) mass is 559 g/mol. The lowest BCUT2D eigenvalue weighted by molar-refractivity contribution is -0.121. The van der Waals surface area contributed by atoms with E-state index >= 15 is 0 Å². The summed E-state index contributed by atoms with van der Waals surface area (Å²) in [6.07, 6.45) is -0.998. The summed E-state index contributed by atoms with van der Waals surface area (Å²) in [5.74, 6) is -0.349. The number of amides is 1. The second-order valence-electron chi connectivity index (χ2n) is 7.00. The number of carbonyl (C=O) groups excluding carboxylic acids is 1. The van der Waals surface area contributed by atoms with Crippen molar-refractivity contribution in [1.82, 2.24) is 10.6 Å². The summed E-state index contributed by atoms with van der Waals surface area (Å²) in [6.45, 7) is 0. The van der Waals surface area contributed by atoms with Crippen LogP contribution in [0.4, 0.5) is 5.69 Å². The lowest BCUT2D eigenvalue weighted by Gasteiger charge is -2.28. The van der Waals surface area contributed by atoms with Crippen LogP contribution in [-0.4, -0.2) is 21.0 Å². The third kappa shape index (κ3) is 7.92. The Hall–Kier alpha value is -1.73. The number of thiocarbonyl (C=S) groups is 1. The lowest BCUT2D eigenvalue weighted by Crippen LogP contribution is -2.56. The average molecular weight is 562 g/mol. The highest BCUT2D eigenvalue weighted by molar-refractivity contribution is 7.80. The van der Waals surface area contributed by atoms with Gasteiger partial charge in [-0.05, 0) is 47.1 Å². The molecular formula is C23H18Cl5N3OS. The molecule has 10 heteroatoms. The SMILES string of the molecule is O=C(Cc1ccc(-c2ccccc2)cc1)NC(NC(=S)Nc1ccc(Cl)cc1Cl)C(Cl)(Cl)Cl. The predicted molar refractivity (Wildman–Crippen MR) is 144 cm³/mol. The zero-order valence-corrected chi connectivity index (χ0v) is 21.5. The van der Waals surface area contributed by atoms with Crippen molar-refractivity contribution in [1.29, 1.82) is 0 Å². The van der Waals surface area contributed by atoms with E-state index in [9.17, 15) is 4.79 Å². The summed E-state index contributed by atoms with van der Waals surface area (Å²) >= 11 is 35.5. The summed E-state index contributed by atoms with van der Waals surface area (Å²) in [5, 5.41) is 9.29. The highest BCUT2D eigenvalue weighted by Gasteiger charge is 2.34. The number of hydrogen-bond donors (Lipinski definition) is 3. The first-order valence-electron chi connectivity index (χ1n) is 9.65. The van der Waals surface area contributed by atoms with Gasteiger partial charge in [-0.15, -0.1) is 0 Å². The van der Waals surface area contributed by atoms with Crippen molar-refractivity contribution in [2.24, 2.45) is 0 Å². The predicted octanol–water partition coefficient (Wildman–Crippen LogP) is 7.00. The standard InChI is InChI=1S/C23H18Cl5N3OS/c24-17-10-11-19(18(25)13-17)29-22(33)31-21(23(26,27)28)30-20(32)12-14-6-8-16(9-7-14)15-4-2-1-3-5-15/h1-11,13,21H,12H2,(H,30,32)(H2,29,31,33). The van der Waals surface area contributed by atoms with Crippen molar-refractivity contribution in [3.05, 3.63) is 88.4 Å². The van der Waals surface area contributed by atoms with Gasteiger partial charge in [-0.3, -0.25) is 4.79 Å². The fourth-order valence-electron chi connectivity index (χ4n) is 2.92. The van der Waals surface area contributed by atoms with Crippen LogP contribution >= 0.6 is 70.2 Å². The van der Waals surface area contributed by atoms with Crippen LogP contribution in [0.25, 0.3) is 11.1 Å². The van der Waals surface area contributed by atoms with Gasteiger partial charge in [0.05, 0.1) is 17.1 Å². The molecule has 0 heterocycles. The molecule has 3 aromatic carbocycles. The number of hydrogen-bond acceptors (Lipinski definition) is 2. The highest BCUT2D eigenvalue weighted by Crippen LogP contribution is 2.30. The van der Waals surface area contributed by atoms with E-state index in [0.29, 0.717) is 15.7 Å². The van der Waals surface area contributed by atoms with Crippen molar-refractivity contribution >= 4 is 86.9 Å². The van der Waals surface area contributed by atoms with Crippen LogP contribution in [-0.2, 0) is 11.2 Å². The maximum atomic E-state index is 12.6. The van der Waals surface area contributed by atoms with Gasteiger partial charge in [0.1, 0.15) is 6.17 Å². The molecule has 1 amide bonds. The largest absolute Gasteiger partial charge is 0.339 e. The third-order valence-electron chi connectivity index (χ3n) is 4.51. The molecule has 4 nitrogen and oxygen atoms in total. The summed E-state index contributed by atoms with van der Waals surface area (Å²) in [5.41, 5.74) is 3.46. The second-order valence-corrected chi connectivity index (χ2v) is 10.6. The van der Waals surface area contributed by atoms with Gasteiger partial charge >= 0.3 is 0 Å². The van der Waals surface area contributed by atoms with Crippen molar-refractivity contribution in [2.45, 2.75) is 16.4 Å². The molecule has 0 saturated heterocycles. The number of carbonyl (C=O) groups is 1. The van der Waals surface area contributed by atoms with E-state index in [0.717, 1.165) is 16.7 Å². The molecule has 0 saturated carbocycles. The number of rotatable bonds is 6. The Labute approximate surface area is 222 Å². The molecule has 0 spiro atoms. The maximum Gasteiger partial charge on any atom is 0.228 e. The molecule has 0 aromatic heterocycles. The summed E-state index contributed by atoms with van der Waals surface area (Å²) in [7, 11) is 0. The Morgan fingerprint density at radius 2 is 1.52 bits per heavy atom. The first kappa shape index (κ1) is 25.9. The molecule has 0 fully saturated rings. The Bertz CT molecular complexity index is 1120. The van der Waals surface area contributed by atoms with Crippen LogP contribution in [0.15, 0.2) is 72.8 Å². The van der Waals surface area contributed by atoms with Crippen LogP contribution in [0.2, 0.25) is 10.0 Å². The molecule has 1 atom stereocenters. The van der Waals surface area contributed by atoms with Crippen LogP contribution in [0.5, 0.6) is 0 Å². The molecule has 0 aliphatic rings. The summed E-state index contributed by atoms with van der Waals surface area (Å²) in [6, 6.07) is 22.5. The molecule has 3 aromatic rings. The fraction of sp³-hybridized carbons (Fsp3) is 0.130. The van der Waals surface area contributed by atoms with Crippen LogP contribution < -0.4 is 16.0 Å². The number of nitrogens with one attached hydrogen (secondary N) is 3. The third-order valence-corrected chi connectivity index (χ3v) is 5.94. The van der Waals surface area contributed by atoms with Gasteiger partial charge in [-0.25, -0.2) is 0 Å². The van der Waals surface area contributed by atoms with Crippen molar-refractivity contribution in [3.63, 3.8) is 0 Å². The fourth-order valence-corrected chi connectivity index (χ4v) is 3.93. The molecule has 0 aliphatic carbocycles. The number of benzene rings is 3. The van der Waals surface area contributed by atoms with Gasteiger partial charge in [-0.1, -0.05) is 113 Å². The lowest BCUT2D eigenvalue weighted by atomic mass is 10.0. The van der Waals surface area contributed by atoms with E-state index in [-0.39, 0.29) is 17.4 Å². The van der Waals surface area contributed by atoms with E-state index < -0.39 is 9.96 Å². The highest BCUT2D eigenvalue weighted by atomic mass is 35.6. The van der Waals surface area contributed by atoms with Gasteiger partial charge < -0.3 is 16.0 Å². The van der Waals surface area contributed by atoms with E-state index in [1.54, 1.807) is 18.2 Å². The Kier molecular flexibility index (Phi) is 9.10. The van der Waals surface area contributed by atoms with Gasteiger partial charge in [-0.2, -0.15) is 0 Å². The number of halogens is 5. The molecule has 0 bridgehead atoms. The van der Waals surface area contributed by atoms with Gasteiger partial charge in [0.15, 0.2) is 5.11 Å². The Morgan fingerprint density at radius 1 is 0.879 bits per heavy atom. The molecule has 0 aliphatic heterocycles. The smallest absolute Gasteiger partial charge is 0.228 e. The molecule has 33 heavy (non-hydrogen) atoms. The molecule has 3 rings (SSSR count). The Morgan fingerprint density at radius 3 is 2.12 bits per heavy atom. The van der Waals surface area contributed by atoms with Crippen molar-refractivity contribution in [3.8, 4) is 11.1 Å². The van der Waals surface area contributed by atoms with Crippen LogP contribution in [0.1, 0.15) is 5.56 Å². The number of alkyl halides is 3. The van der Waals surface area contributed by atoms with E-state index in [1.165, 1.54) is 0 Å². The van der Waals surface area contributed by atoms with Gasteiger partial charge in [0.25, 0.3) is 0 Å². The van der Waals surface area contributed by atoms with Crippen LogP contribution in [0.3, 0.4) is 0 Å². The molecule has 172 valence electrons. The van der Waals surface area contributed by atoms with Crippen molar-refractivity contribution in [2.75, 3.05) is 5.32 Å². The van der Waals surface area contributed by atoms with Gasteiger partial charge in [0.2, 0.25) is 9.70 Å². The minimum Gasteiger partial charge on any atom is -0.339 e. The first-order valence-corrected chi connectivity index (χ1v) is 11.9. The summed E-state index contributed by atoms with van der Waals surface area (Å²) in [4.78, 5) is 12.6. The van der Waals surface area contributed by atoms with Gasteiger partial charge in [0, 0.05) is 5.02 Å². The molecule has 1 unspecified atom stereocenters. The zero-order chi connectivity index (χ0) is 24.0. The zero-order valence-electron chi connectivity index (χ0n) is 16.9. The number of anilines is 1. The normalized spacial score (nSPS) is 12.0. The first-order chi connectivity index (χ1) is 15.6. The van der Waals surface area contributed by atoms with E-state index in [1.807, 2.05) is 54.6 Å². The van der Waals surface area contributed by atoms with Crippen molar-refractivity contribution < 1.29 is 4.79 Å². The molecular weight excluding hydrogens is 544 g/mol. The topological polar surface area (TPSA) is 53.2 Å². The molecule has 3 N–H and O–H groups in total. The average Bonchev–Trinajstić information content (AvgIpc) is 2.76. The quantitative estimate of drug-likeness (QED) is 0.172. The van der Waals surface area contributed by atoms with Crippen LogP contribution in [0, 0.1) is 0 Å². The Balaban J connectivity index is 1.61. The molecule has 0 radical (unpaired) electrons. The minimum atomic E-state index is -1.87. The van der Waals surface area contributed by atoms with E-state index in [4.69, 9.17) is 70.2 Å².